The van der Waals surface area contributed by atoms with Gasteiger partial charge in [0.25, 0.3) is 0 Å². The first-order valence-corrected chi connectivity index (χ1v) is 4.04. The highest BCUT2D eigenvalue weighted by molar-refractivity contribution is 5.85. The Bertz CT molecular complexity index is 299. The Labute approximate surface area is 88.2 Å². The lowest BCUT2D eigenvalue weighted by Gasteiger charge is -1.88. The first-order chi connectivity index (χ1) is 6.95. The third-order valence-corrected chi connectivity index (χ3v) is 1.20. The standard InChI is InChI=1S/C7H9NO2.C3H4O2/c1-6(7(9)10)4-3-5-8-2;1-2-3(4)5/h4H,3,5H2,1H3,(H,9,10);2H,1H2,(H,4,5). The van der Waals surface area contributed by atoms with E-state index in [4.69, 9.17) is 16.8 Å². The monoisotopic (exact) mass is 211 g/mol. The number of aliphatic carboxylic acids is 2. The number of rotatable bonds is 4. The average molecular weight is 211 g/mol. The van der Waals surface area contributed by atoms with Crippen LogP contribution in [0.2, 0.25) is 0 Å². The second kappa shape index (κ2) is 9.99. The van der Waals surface area contributed by atoms with Gasteiger partial charge in [-0.3, -0.25) is 0 Å². The van der Waals surface area contributed by atoms with E-state index in [2.05, 4.69) is 11.4 Å². The van der Waals surface area contributed by atoms with Crippen molar-refractivity contribution in [2.24, 2.45) is 0 Å². The summed E-state index contributed by atoms with van der Waals surface area (Å²) in [5.41, 5.74) is 0.309. The zero-order chi connectivity index (χ0) is 12.3. The molecule has 0 aromatic carbocycles. The molecule has 82 valence electrons. The van der Waals surface area contributed by atoms with Crippen molar-refractivity contribution in [3.63, 3.8) is 0 Å². The molecule has 5 nitrogen and oxygen atoms in total. The van der Waals surface area contributed by atoms with E-state index in [1.54, 1.807) is 6.08 Å². The molecule has 0 aliphatic heterocycles. The molecule has 5 heteroatoms. The highest BCUT2D eigenvalue weighted by Crippen LogP contribution is 1.94. The quantitative estimate of drug-likeness (QED) is 0.420. The summed E-state index contributed by atoms with van der Waals surface area (Å²) in [5, 5.41) is 15.9. The Morgan fingerprint density at radius 2 is 1.93 bits per heavy atom. The van der Waals surface area contributed by atoms with E-state index in [0.29, 0.717) is 18.5 Å². The van der Waals surface area contributed by atoms with Crippen molar-refractivity contribution in [3.05, 3.63) is 35.7 Å². The van der Waals surface area contributed by atoms with Crippen LogP contribution < -0.4 is 0 Å². The van der Waals surface area contributed by atoms with Crippen LogP contribution in [0.4, 0.5) is 0 Å². The first kappa shape index (κ1) is 15.4. The fourth-order valence-electron chi connectivity index (χ4n) is 0.433. The molecule has 0 bridgehead atoms. The molecule has 2 N–H and O–H groups in total. The maximum absolute atomic E-state index is 10.1. The predicted molar refractivity (Wildman–Crippen MR) is 55.3 cm³/mol. The predicted octanol–water partition coefficient (Wildman–Crippen LogP) is 1.58. The number of nitrogens with zero attached hydrogens (tertiary/aromatic N) is 1. The maximum Gasteiger partial charge on any atom is 0.330 e. The normalized spacial score (nSPS) is 9.20. The van der Waals surface area contributed by atoms with Crippen LogP contribution in [0.3, 0.4) is 0 Å². The third kappa shape index (κ3) is 14.7. The minimum atomic E-state index is -0.981. The second-order valence-electron chi connectivity index (χ2n) is 2.41. The number of carboxylic acids is 2. The molecule has 0 heterocycles. The van der Waals surface area contributed by atoms with Gasteiger partial charge in [0.05, 0.1) is 0 Å². The molecule has 0 aromatic heterocycles. The fraction of sp³-hybridized carbons (Fsp3) is 0.300. The molecule has 15 heavy (non-hydrogen) atoms. The summed E-state index contributed by atoms with van der Waals surface area (Å²) in [6.45, 7) is 11.2. The van der Waals surface area contributed by atoms with Gasteiger partial charge in [-0.2, -0.15) is 0 Å². The van der Waals surface area contributed by atoms with Gasteiger partial charge in [0.1, 0.15) is 0 Å². The molecule has 0 spiro atoms. The lowest BCUT2D eigenvalue weighted by atomic mass is 10.2. The molecule has 0 aromatic rings. The van der Waals surface area contributed by atoms with Crippen molar-refractivity contribution in [2.75, 3.05) is 6.54 Å². The SMILES string of the molecule is C=CC(=O)O.[C-]#[N+]CCC=C(C)C(=O)O. The molecule has 0 radical (unpaired) electrons. The number of hydrogen-bond donors (Lipinski definition) is 2. The Morgan fingerprint density at radius 1 is 1.47 bits per heavy atom. The molecule has 0 rings (SSSR count). The summed E-state index contributed by atoms with van der Waals surface area (Å²) in [5.74, 6) is -1.89. The van der Waals surface area contributed by atoms with Gasteiger partial charge in [0, 0.05) is 18.1 Å². The lowest BCUT2D eigenvalue weighted by molar-refractivity contribution is -0.133. The van der Waals surface area contributed by atoms with E-state index in [-0.39, 0.29) is 0 Å². The topological polar surface area (TPSA) is 79.0 Å². The van der Waals surface area contributed by atoms with E-state index in [9.17, 15) is 9.59 Å². The van der Waals surface area contributed by atoms with Crippen LogP contribution in [0.1, 0.15) is 13.3 Å². The van der Waals surface area contributed by atoms with Gasteiger partial charge in [-0.15, -0.1) is 0 Å². The summed E-state index contributed by atoms with van der Waals surface area (Å²) in [6.07, 6.45) is 2.92. The summed E-state index contributed by atoms with van der Waals surface area (Å²) >= 11 is 0. The Balaban J connectivity index is 0. The highest BCUT2D eigenvalue weighted by atomic mass is 16.4. The largest absolute Gasteiger partial charge is 0.478 e. The van der Waals surface area contributed by atoms with Gasteiger partial charge >= 0.3 is 11.9 Å². The van der Waals surface area contributed by atoms with Crippen molar-refractivity contribution < 1.29 is 19.8 Å². The summed E-state index contributed by atoms with van der Waals surface area (Å²) < 4.78 is 0. The van der Waals surface area contributed by atoms with Gasteiger partial charge in [0.15, 0.2) is 0 Å². The summed E-state index contributed by atoms with van der Waals surface area (Å²) in [7, 11) is 0. The molecule has 0 aliphatic rings. The van der Waals surface area contributed by atoms with Crippen LogP contribution in [0.5, 0.6) is 0 Å². The van der Waals surface area contributed by atoms with E-state index < -0.39 is 11.9 Å². The second-order valence-corrected chi connectivity index (χ2v) is 2.41. The Hall–Kier alpha value is -2.09. The van der Waals surface area contributed by atoms with Gasteiger partial charge in [-0.1, -0.05) is 12.7 Å². The minimum absolute atomic E-state index is 0.309. The molecular formula is C10H13NO4. The lowest BCUT2D eigenvalue weighted by Crippen LogP contribution is -1.95. The van der Waals surface area contributed by atoms with Crippen LogP contribution in [0.15, 0.2) is 24.3 Å². The van der Waals surface area contributed by atoms with Gasteiger partial charge in [0.2, 0.25) is 6.54 Å². The number of carboxylic acid groups (broad SMARTS) is 2. The van der Waals surface area contributed by atoms with Crippen LogP contribution >= 0.6 is 0 Å². The van der Waals surface area contributed by atoms with Crippen LogP contribution in [0.25, 0.3) is 4.85 Å². The van der Waals surface area contributed by atoms with E-state index >= 15 is 0 Å². The molecule has 0 saturated carbocycles. The zero-order valence-corrected chi connectivity index (χ0v) is 8.43. The van der Waals surface area contributed by atoms with Gasteiger partial charge in [-0.05, 0) is 6.92 Å². The molecule has 0 fully saturated rings. The number of carbonyl (C=O) groups is 2. The average Bonchev–Trinajstić information content (AvgIpc) is 2.18. The smallest absolute Gasteiger partial charge is 0.330 e. The molecular weight excluding hydrogens is 198 g/mol. The van der Waals surface area contributed by atoms with Crippen LogP contribution in [0, 0.1) is 6.57 Å². The third-order valence-electron chi connectivity index (χ3n) is 1.20. The Kier molecular flexibility index (Phi) is 10.3. The molecule has 0 amide bonds. The van der Waals surface area contributed by atoms with Crippen molar-refractivity contribution in [3.8, 4) is 0 Å². The molecule has 0 atom stereocenters. The number of hydrogen-bond acceptors (Lipinski definition) is 2. The van der Waals surface area contributed by atoms with E-state index in [1.165, 1.54) is 6.92 Å². The van der Waals surface area contributed by atoms with Crippen molar-refractivity contribution in [1.82, 2.24) is 0 Å². The van der Waals surface area contributed by atoms with E-state index in [0.717, 1.165) is 6.08 Å². The van der Waals surface area contributed by atoms with Crippen molar-refractivity contribution >= 4 is 11.9 Å². The van der Waals surface area contributed by atoms with Gasteiger partial charge < -0.3 is 15.1 Å². The maximum atomic E-state index is 10.1. The van der Waals surface area contributed by atoms with Crippen LogP contribution in [-0.2, 0) is 9.59 Å². The van der Waals surface area contributed by atoms with Crippen LogP contribution in [-0.4, -0.2) is 28.7 Å². The summed E-state index contributed by atoms with van der Waals surface area (Å²) in [6, 6.07) is 0. The highest BCUT2D eigenvalue weighted by Gasteiger charge is 1.97. The first-order valence-electron chi connectivity index (χ1n) is 4.04. The molecule has 0 saturated heterocycles. The zero-order valence-electron chi connectivity index (χ0n) is 8.43. The molecule has 0 aliphatic carbocycles. The summed E-state index contributed by atoms with van der Waals surface area (Å²) in [4.78, 5) is 22.5. The van der Waals surface area contributed by atoms with Crippen molar-refractivity contribution in [2.45, 2.75) is 13.3 Å². The minimum Gasteiger partial charge on any atom is -0.478 e. The van der Waals surface area contributed by atoms with Crippen molar-refractivity contribution in [1.29, 1.82) is 0 Å². The van der Waals surface area contributed by atoms with E-state index in [1.807, 2.05) is 0 Å². The van der Waals surface area contributed by atoms with Gasteiger partial charge in [-0.25, -0.2) is 16.2 Å². The Morgan fingerprint density at radius 3 is 2.20 bits per heavy atom. The fourth-order valence-corrected chi connectivity index (χ4v) is 0.433. The molecule has 0 unspecified atom stereocenters.